The summed E-state index contributed by atoms with van der Waals surface area (Å²) in [6, 6.07) is 15.3. The van der Waals surface area contributed by atoms with Crippen molar-refractivity contribution in [3.8, 4) is 5.75 Å². The zero-order valence-corrected chi connectivity index (χ0v) is 15.9. The number of carbonyl (C=O) groups is 1. The van der Waals surface area contributed by atoms with E-state index in [9.17, 15) is 4.79 Å². The second-order valence-electron chi connectivity index (χ2n) is 6.35. The van der Waals surface area contributed by atoms with Crippen LogP contribution in [0.15, 0.2) is 48.5 Å². The van der Waals surface area contributed by atoms with E-state index in [1.807, 2.05) is 55.5 Å². The van der Waals surface area contributed by atoms with Crippen molar-refractivity contribution in [3.63, 3.8) is 0 Å². The van der Waals surface area contributed by atoms with Crippen LogP contribution in [0.1, 0.15) is 50.7 Å². The number of rotatable bonds is 7. The van der Waals surface area contributed by atoms with Gasteiger partial charge < -0.3 is 9.47 Å². The average molecular weight is 361 g/mol. The van der Waals surface area contributed by atoms with E-state index >= 15 is 0 Å². The van der Waals surface area contributed by atoms with Crippen molar-refractivity contribution in [1.82, 2.24) is 0 Å². The molecule has 0 N–H and O–H groups in total. The summed E-state index contributed by atoms with van der Waals surface area (Å²) in [5.41, 5.74) is 2.20. The lowest BCUT2D eigenvalue weighted by Gasteiger charge is -2.24. The molecular formula is C21H25ClO3. The van der Waals surface area contributed by atoms with E-state index in [-0.39, 0.29) is 11.9 Å². The highest BCUT2D eigenvalue weighted by Crippen LogP contribution is 2.27. The first-order valence-corrected chi connectivity index (χ1v) is 8.98. The zero-order valence-electron chi connectivity index (χ0n) is 15.2. The van der Waals surface area contributed by atoms with Crippen molar-refractivity contribution in [2.45, 2.75) is 45.6 Å². The van der Waals surface area contributed by atoms with Crippen LogP contribution in [0.3, 0.4) is 0 Å². The quantitative estimate of drug-likeness (QED) is 0.605. The highest BCUT2D eigenvalue weighted by atomic mass is 35.5. The molecule has 0 spiro atoms. The minimum Gasteiger partial charge on any atom is -0.478 e. The number of hydrogen-bond acceptors (Lipinski definition) is 3. The van der Waals surface area contributed by atoms with Crippen molar-refractivity contribution in [3.05, 3.63) is 64.7 Å². The van der Waals surface area contributed by atoms with Gasteiger partial charge in [0.2, 0.25) is 6.10 Å². The number of benzene rings is 2. The van der Waals surface area contributed by atoms with Crippen molar-refractivity contribution in [2.24, 2.45) is 0 Å². The molecule has 0 aliphatic heterocycles. The minimum atomic E-state index is -0.717. The summed E-state index contributed by atoms with van der Waals surface area (Å²) in [4.78, 5) is 12.4. The first-order valence-electron chi connectivity index (χ1n) is 8.61. The maximum atomic E-state index is 12.4. The molecule has 25 heavy (non-hydrogen) atoms. The monoisotopic (exact) mass is 360 g/mol. The van der Waals surface area contributed by atoms with E-state index < -0.39 is 6.10 Å². The van der Waals surface area contributed by atoms with Gasteiger partial charge in [-0.05, 0) is 48.2 Å². The fraction of sp³-hybridized carbons (Fsp3) is 0.381. The first-order chi connectivity index (χ1) is 11.9. The highest BCUT2D eigenvalue weighted by Gasteiger charge is 2.29. The molecule has 0 aliphatic carbocycles. The molecule has 2 rings (SSSR count). The van der Waals surface area contributed by atoms with Gasteiger partial charge in [-0.15, -0.1) is 0 Å². The standard InChI is InChI=1S/C21H25ClO3/c1-5-24-21(23)20(15(4)17-6-10-18(22)11-7-17)25-19-12-8-16(9-13-19)14(2)3/h6-15,20H,5H2,1-4H3/t15-,20+/m1/s1. The van der Waals surface area contributed by atoms with Gasteiger partial charge in [-0.25, -0.2) is 4.79 Å². The third-order valence-electron chi connectivity index (χ3n) is 4.18. The number of hydrogen-bond donors (Lipinski definition) is 0. The van der Waals surface area contributed by atoms with Crippen molar-refractivity contribution >= 4 is 17.6 Å². The third-order valence-corrected chi connectivity index (χ3v) is 4.43. The Balaban J connectivity index is 2.23. The smallest absolute Gasteiger partial charge is 0.347 e. The molecule has 0 amide bonds. The Hall–Kier alpha value is -2.00. The summed E-state index contributed by atoms with van der Waals surface area (Å²) in [6.45, 7) is 8.34. The van der Waals surface area contributed by atoms with Gasteiger partial charge in [0.1, 0.15) is 5.75 Å². The van der Waals surface area contributed by atoms with Crippen LogP contribution >= 0.6 is 11.6 Å². The Morgan fingerprint density at radius 1 is 0.960 bits per heavy atom. The van der Waals surface area contributed by atoms with Gasteiger partial charge in [0, 0.05) is 10.9 Å². The van der Waals surface area contributed by atoms with Crippen LogP contribution in [0.4, 0.5) is 0 Å². The lowest BCUT2D eigenvalue weighted by Crippen LogP contribution is -2.34. The second-order valence-corrected chi connectivity index (χ2v) is 6.79. The summed E-state index contributed by atoms with van der Waals surface area (Å²) < 4.78 is 11.2. The fourth-order valence-electron chi connectivity index (χ4n) is 2.60. The normalized spacial score (nSPS) is 13.4. The van der Waals surface area contributed by atoms with Crippen LogP contribution in [0.5, 0.6) is 5.75 Å². The molecule has 0 unspecified atom stereocenters. The van der Waals surface area contributed by atoms with E-state index in [0.717, 1.165) is 5.56 Å². The highest BCUT2D eigenvalue weighted by molar-refractivity contribution is 6.30. The molecule has 0 bridgehead atoms. The Labute approximate surface area is 154 Å². The Morgan fingerprint density at radius 2 is 1.52 bits per heavy atom. The number of carbonyl (C=O) groups excluding carboxylic acids is 1. The predicted molar refractivity (Wildman–Crippen MR) is 101 cm³/mol. The third kappa shape index (κ3) is 5.23. The first kappa shape index (κ1) is 19.3. The minimum absolute atomic E-state index is 0.166. The summed E-state index contributed by atoms with van der Waals surface area (Å²) in [7, 11) is 0. The van der Waals surface area contributed by atoms with E-state index in [4.69, 9.17) is 21.1 Å². The molecule has 0 heterocycles. The molecule has 3 nitrogen and oxygen atoms in total. The molecule has 2 aromatic rings. The summed E-state index contributed by atoms with van der Waals surface area (Å²) >= 11 is 5.96. The van der Waals surface area contributed by atoms with Crippen LogP contribution in [-0.4, -0.2) is 18.7 Å². The molecule has 0 saturated carbocycles. The maximum absolute atomic E-state index is 12.4. The van der Waals surface area contributed by atoms with E-state index in [1.54, 1.807) is 6.92 Å². The second kappa shape index (κ2) is 8.91. The van der Waals surface area contributed by atoms with E-state index in [0.29, 0.717) is 23.3 Å². The molecule has 0 aliphatic rings. The number of esters is 1. The van der Waals surface area contributed by atoms with Gasteiger partial charge >= 0.3 is 5.97 Å². The summed E-state index contributed by atoms with van der Waals surface area (Å²) in [5, 5.41) is 0.661. The van der Waals surface area contributed by atoms with Crippen molar-refractivity contribution in [1.29, 1.82) is 0 Å². The van der Waals surface area contributed by atoms with Gasteiger partial charge in [0.25, 0.3) is 0 Å². The Bertz CT molecular complexity index is 677. The van der Waals surface area contributed by atoms with Crippen LogP contribution < -0.4 is 4.74 Å². The van der Waals surface area contributed by atoms with Gasteiger partial charge in [-0.3, -0.25) is 0 Å². The molecule has 2 atom stereocenters. The van der Waals surface area contributed by atoms with Gasteiger partial charge in [0.05, 0.1) is 6.61 Å². The molecule has 0 saturated heterocycles. The van der Waals surface area contributed by atoms with Crippen LogP contribution in [0.25, 0.3) is 0 Å². The topological polar surface area (TPSA) is 35.5 Å². The molecule has 0 aromatic heterocycles. The molecule has 0 fully saturated rings. The number of ether oxygens (including phenoxy) is 2. The molecular weight excluding hydrogens is 336 g/mol. The SMILES string of the molecule is CCOC(=O)[C@@H](Oc1ccc(C(C)C)cc1)[C@H](C)c1ccc(Cl)cc1. The Kier molecular flexibility index (Phi) is 6.89. The summed E-state index contributed by atoms with van der Waals surface area (Å²) in [6.07, 6.45) is -0.717. The average Bonchev–Trinajstić information content (AvgIpc) is 2.60. The van der Waals surface area contributed by atoms with Crippen LogP contribution in [0.2, 0.25) is 5.02 Å². The largest absolute Gasteiger partial charge is 0.478 e. The predicted octanol–water partition coefficient (Wildman–Crippen LogP) is 5.58. The van der Waals surface area contributed by atoms with Crippen molar-refractivity contribution < 1.29 is 14.3 Å². The lowest BCUT2D eigenvalue weighted by atomic mass is 9.95. The van der Waals surface area contributed by atoms with E-state index in [2.05, 4.69) is 13.8 Å². The zero-order chi connectivity index (χ0) is 18.4. The van der Waals surface area contributed by atoms with Crippen LogP contribution in [0, 0.1) is 0 Å². The molecule has 4 heteroatoms. The van der Waals surface area contributed by atoms with Gasteiger partial charge in [-0.2, -0.15) is 0 Å². The van der Waals surface area contributed by atoms with E-state index in [1.165, 1.54) is 5.56 Å². The summed E-state index contributed by atoms with van der Waals surface area (Å²) in [5.74, 6) is 0.574. The lowest BCUT2D eigenvalue weighted by molar-refractivity contribution is -0.152. The van der Waals surface area contributed by atoms with Crippen LogP contribution in [-0.2, 0) is 9.53 Å². The molecule has 134 valence electrons. The molecule has 2 aromatic carbocycles. The van der Waals surface area contributed by atoms with Crippen molar-refractivity contribution in [2.75, 3.05) is 6.61 Å². The fourth-order valence-corrected chi connectivity index (χ4v) is 2.72. The number of halogens is 1. The molecule has 0 radical (unpaired) electrons. The Morgan fingerprint density at radius 3 is 2.04 bits per heavy atom. The maximum Gasteiger partial charge on any atom is 0.347 e. The van der Waals surface area contributed by atoms with Gasteiger partial charge in [0.15, 0.2) is 0 Å². The van der Waals surface area contributed by atoms with Gasteiger partial charge in [-0.1, -0.05) is 56.6 Å².